The molecule has 1 unspecified atom stereocenters. The Morgan fingerprint density at radius 2 is 1.77 bits per heavy atom. The Morgan fingerprint density at radius 1 is 1.09 bits per heavy atom. The average Bonchev–Trinajstić information content (AvgIpc) is 2.54. The number of halogens is 1. The number of carbonyl (C=O) groups is 1. The number of carbonyl (C=O) groups excluding carboxylic acids is 1. The molecule has 0 fully saturated rings. The third-order valence-electron chi connectivity index (χ3n) is 3.36. The quantitative estimate of drug-likeness (QED) is 0.762. The Bertz CT molecular complexity index is 655. The Kier molecular flexibility index (Phi) is 5.65. The molecule has 1 N–H and O–H groups in total. The van der Waals surface area contributed by atoms with E-state index in [1.165, 1.54) is 0 Å². The Hall–Kier alpha value is -1.76. The van der Waals surface area contributed by atoms with Crippen molar-refractivity contribution in [2.24, 2.45) is 0 Å². The lowest BCUT2D eigenvalue weighted by Gasteiger charge is -2.18. The molecule has 0 radical (unpaired) electrons. The van der Waals surface area contributed by atoms with Crippen molar-refractivity contribution in [3.8, 4) is 11.5 Å². The van der Waals surface area contributed by atoms with Crippen LogP contribution in [0.1, 0.15) is 28.9 Å². The average molecular weight is 411 g/mol. The summed E-state index contributed by atoms with van der Waals surface area (Å²) < 4.78 is 11.7. The lowest BCUT2D eigenvalue weighted by molar-refractivity contribution is 0.0939. The standard InChI is InChI=1S/C17H18INO3/c1-11(15-10-14(21-2)8-9-16(15)22-3)19-17(20)12-4-6-13(18)7-5-12/h4-11H,1-3H3,(H,19,20). The van der Waals surface area contributed by atoms with Gasteiger partial charge in [-0.1, -0.05) is 0 Å². The molecule has 2 rings (SSSR count). The number of amides is 1. The molecule has 0 aromatic heterocycles. The second kappa shape index (κ2) is 7.49. The van der Waals surface area contributed by atoms with E-state index >= 15 is 0 Å². The fraction of sp³-hybridized carbons (Fsp3) is 0.235. The van der Waals surface area contributed by atoms with Crippen LogP contribution in [0.4, 0.5) is 0 Å². The number of methoxy groups -OCH3 is 2. The fourth-order valence-electron chi connectivity index (χ4n) is 2.14. The molecule has 0 spiro atoms. The van der Waals surface area contributed by atoms with Gasteiger partial charge in [-0.15, -0.1) is 0 Å². The second-order valence-corrected chi connectivity index (χ2v) is 6.06. The Labute approximate surface area is 144 Å². The zero-order chi connectivity index (χ0) is 16.1. The maximum absolute atomic E-state index is 12.3. The molecule has 1 amide bonds. The van der Waals surface area contributed by atoms with Gasteiger partial charge in [-0.3, -0.25) is 4.79 Å². The van der Waals surface area contributed by atoms with Gasteiger partial charge in [0.05, 0.1) is 20.3 Å². The van der Waals surface area contributed by atoms with Gasteiger partial charge in [0.25, 0.3) is 5.91 Å². The van der Waals surface area contributed by atoms with Gasteiger partial charge in [0, 0.05) is 14.7 Å². The minimum atomic E-state index is -0.197. The number of nitrogens with one attached hydrogen (secondary N) is 1. The van der Waals surface area contributed by atoms with Crippen LogP contribution in [-0.2, 0) is 0 Å². The molecule has 2 aromatic rings. The zero-order valence-electron chi connectivity index (χ0n) is 12.7. The van der Waals surface area contributed by atoms with E-state index in [1.54, 1.807) is 14.2 Å². The van der Waals surface area contributed by atoms with Gasteiger partial charge in [0.1, 0.15) is 11.5 Å². The van der Waals surface area contributed by atoms with Crippen LogP contribution in [0.5, 0.6) is 11.5 Å². The number of ether oxygens (including phenoxy) is 2. The highest BCUT2D eigenvalue weighted by atomic mass is 127. The van der Waals surface area contributed by atoms with Crippen molar-refractivity contribution in [1.29, 1.82) is 0 Å². The molecule has 22 heavy (non-hydrogen) atoms. The van der Waals surface area contributed by atoms with Crippen molar-refractivity contribution in [3.05, 3.63) is 57.2 Å². The van der Waals surface area contributed by atoms with Gasteiger partial charge in [0.15, 0.2) is 0 Å². The van der Waals surface area contributed by atoms with Crippen molar-refractivity contribution >= 4 is 28.5 Å². The van der Waals surface area contributed by atoms with Gasteiger partial charge in [-0.2, -0.15) is 0 Å². The summed E-state index contributed by atoms with van der Waals surface area (Å²) in [6.45, 7) is 1.92. The molecular formula is C17H18INO3. The molecule has 1 atom stereocenters. The van der Waals surface area contributed by atoms with Gasteiger partial charge in [0.2, 0.25) is 0 Å². The van der Waals surface area contributed by atoms with Crippen molar-refractivity contribution in [2.45, 2.75) is 13.0 Å². The first-order chi connectivity index (χ1) is 10.5. The van der Waals surface area contributed by atoms with Gasteiger partial charge < -0.3 is 14.8 Å². The van der Waals surface area contributed by atoms with Crippen LogP contribution in [0.25, 0.3) is 0 Å². The van der Waals surface area contributed by atoms with Crippen LogP contribution in [0.3, 0.4) is 0 Å². The van der Waals surface area contributed by atoms with Crippen molar-refractivity contribution < 1.29 is 14.3 Å². The first-order valence-electron chi connectivity index (χ1n) is 6.83. The molecule has 0 bridgehead atoms. The van der Waals surface area contributed by atoms with E-state index in [4.69, 9.17) is 9.47 Å². The third kappa shape index (κ3) is 3.91. The predicted octanol–water partition coefficient (Wildman–Crippen LogP) is 3.80. The highest BCUT2D eigenvalue weighted by Gasteiger charge is 2.16. The molecule has 0 aliphatic heterocycles. The SMILES string of the molecule is COc1ccc(OC)c(C(C)NC(=O)c2ccc(I)cc2)c1. The molecule has 2 aromatic carbocycles. The van der Waals surface area contributed by atoms with Crippen molar-refractivity contribution in [2.75, 3.05) is 14.2 Å². The van der Waals surface area contributed by atoms with Gasteiger partial charge in [-0.25, -0.2) is 0 Å². The highest BCUT2D eigenvalue weighted by molar-refractivity contribution is 14.1. The maximum Gasteiger partial charge on any atom is 0.251 e. The molecule has 0 aliphatic rings. The largest absolute Gasteiger partial charge is 0.497 e. The summed E-state index contributed by atoms with van der Waals surface area (Å²) in [6, 6.07) is 12.8. The number of hydrogen-bond donors (Lipinski definition) is 1. The molecule has 4 nitrogen and oxygen atoms in total. The third-order valence-corrected chi connectivity index (χ3v) is 4.08. The molecule has 0 heterocycles. The van der Waals surface area contributed by atoms with Gasteiger partial charge >= 0.3 is 0 Å². The second-order valence-electron chi connectivity index (χ2n) is 4.81. The van der Waals surface area contributed by atoms with E-state index < -0.39 is 0 Å². The summed E-state index contributed by atoms with van der Waals surface area (Å²) >= 11 is 2.21. The summed E-state index contributed by atoms with van der Waals surface area (Å²) in [4.78, 5) is 12.3. The highest BCUT2D eigenvalue weighted by Crippen LogP contribution is 2.29. The monoisotopic (exact) mass is 411 g/mol. The van der Waals surface area contributed by atoms with Crippen LogP contribution in [-0.4, -0.2) is 20.1 Å². The first-order valence-corrected chi connectivity index (χ1v) is 7.91. The van der Waals surface area contributed by atoms with E-state index in [-0.39, 0.29) is 11.9 Å². The molecule has 0 saturated heterocycles. The minimum absolute atomic E-state index is 0.117. The van der Waals surface area contributed by atoms with E-state index in [9.17, 15) is 4.79 Å². The topological polar surface area (TPSA) is 47.6 Å². The van der Waals surface area contributed by atoms with Gasteiger partial charge in [-0.05, 0) is 72.0 Å². The summed E-state index contributed by atoms with van der Waals surface area (Å²) in [5.41, 5.74) is 1.51. The number of hydrogen-bond acceptors (Lipinski definition) is 3. The molecule has 0 saturated carbocycles. The molecule has 5 heteroatoms. The first kappa shape index (κ1) is 16.6. The fourth-order valence-corrected chi connectivity index (χ4v) is 2.50. The maximum atomic E-state index is 12.3. The van der Waals surface area contributed by atoms with Crippen LogP contribution in [0.15, 0.2) is 42.5 Å². The number of benzene rings is 2. The molecule has 0 aliphatic carbocycles. The van der Waals surface area contributed by atoms with Crippen molar-refractivity contribution in [1.82, 2.24) is 5.32 Å². The zero-order valence-corrected chi connectivity index (χ0v) is 14.9. The van der Waals surface area contributed by atoms with Crippen LogP contribution in [0.2, 0.25) is 0 Å². The lowest BCUT2D eigenvalue weighted by Crippen LogP contribution is -2.26. The van der Waals surface area contributed by atoms with E-state index in [0.29, 0.717) is 5.56 Å². The predicted molar refractivity (Wildman–Crippen MR) is 94.6 cm³/mol. The van der Waals surface area contributed by atoms with Crippen LogP contribution >= 0.6 is 22.6 Å². The Balaban J connectivity index is 2.19. The Morgan fingerprint density at radius 3 is 2.36 bits per heavy atom. The summed E-state index contributed by atoms with van der Waals surface area (Å²) in [5, 5.41) is 2.98. The summed E-state index contributed by atoms with van der Waals surface area (Å²) in [7, 11) is 3.22. The van der Waals surface area contributed by atoms with Crippen LogP contribution in [0, 0.1) is 3.57 Å². The van der Waals surface area contributed by atoms with Crippen LogP contribution < -0.4 is 14.8 Å². The number of rotatable bonds is 5. The minimum Gasteiger partial charge on any atom is -0.497 e. The lowest BCUT2D eigenvalue weighted by atomic mass is 10.1. The van der Waals surface area contributed by atoms with E-state index in [0.717, 1.165) is 20.6 Å². The molecular weight excluding hydrogens is 393 g/mol. The van der Waals surface area contributed by atoms with Crippen molar-refractivity contribution in [3.63, 3.8) is 0 Å². The van der Waals surface area contributed by atoms with E-state index in [1.807, 2.05) is 49.4 Å². The van der Waals surface area contributed by atoms with E-state index in [2.05, 4.69) is 27.9 Å². The normalized spacial score (nSPS) is 11.6. The molecule has 116 valence electrons. The summed E-state index contributed by atoms with van der Waals surface area (Å²) in [5.74, 6) is 1.33. The summed E-state index contributed by atoms with van der Waals surface area (Å²) in [6.07, 6.45) is 0. The smallest absolute Gasteiger partial charge is 0.251 e.